The smallest absolute Gasteiger partial charge is 0.407 e. The van der Waals surface area contributed by atoms with Crippen molar-refractivity contribution < 1.29 is 17.9 Å². The molecule has 1 aliphatic rings. The Balaban J connectivity index is 2.60. The molecule has 1 atom stereocenters. The largest absolute Gasteiger partial charge is 0.450 e. The highest BCUT2D eigenvalue weighted by atomic mass is 32.2. The summed E-state index contributed by atoms with van der Waals surface area (Å²) in [5, 5.41) is 2.73. The zero-order valence-corrected chi connectivity index (χ0v) is 16.2. The topological polar surface area (TPSA) is 87.7 Å². The van der Waals surface area contributed by atoms with Gasteiger partial charge in [-0.15, -0.1) is 0 Å². The highest BCUT2D eigenvalue weighted by molar-refractivity contribution is 7.87. The van der Waals surface area contributed by atoms with Gasteiger partial charge in [-0.1, -0.05) is 33.1 Å². The average Bonchev–Trinajstić information content (AvgIpc) is 2.52. The molecule has 1 unspecified atom stereocenters. The molecule has 8 heteroatoms. The summed E-state index contributed by atoms with van der Waals surface area (Å²) in [6, 6.07) is -0.226. The van der Waals surface area contributed by atoms with Gasteiger partial charge in [0.05, 0.1) is 6.61 Å². The number of nitrogens with zero attached hydrogens (tertiary/aromatic N) is 1. The van der Waals surface area contributed by atoms with Crippen LogP contribution in [-0.2, 0) is 14.9 Å². The fourth-order valence-corrected chi connectivity index (χ4v) is 4.27. The first-order valence-corrected chi connectivity index (χ1v) is 10.4. The van der Waals surface area contributed by atoms with Crippen molar-refractivity contribution in [2.45, 2.75) is 71.4 Å². The Bertz CT molecular complexity index is 476. The van der Waals surface area contributed by atoms with E-state index in [4.69, 9.17) is 4.74 Å². The summed E-state index contributed by atoms with van der Waals surface area (Å²) in [6.45, 7) is 6.25. The number of amides is 1. The molecule has 0 aromatic rings. The van der Waals surface area contributed by atoms with E-state index in [0.29, 0.717) is 12.3 Å². The van der Waals surface area contributed by atoms with Crippen molar-refractivity contribution in [1.82, 2.24) is 14.3 Å². The summed E-state index contributed by atoms with van der Waals surface area (Å²) >= 11 is 0. The molecule has 0 heterocycles. The Labute approximate surface area is 146 Å². The summed E-state index contributed by atoms with van der Waals surface area (Å²) in [5.74, 6) is 0.331. The van der Waals surface area contributed by atoms with Gasteiger partial charge in [0.1, 0.15) is 0 Å². The van der Waals surface area contributed by atoms with Gasteiger partial charge < -0.3 is 10.1 Å². The van der Waals surface area contributed by atoms with Gasteiger partial charge in [-0.3, -0.25) is 0 Å². The second-order valence-corrected chi connectivity index (χ2v) is 8.67. The lowest BCUT2D eigenvalue weighted by molar-refractivity contribution is 0.146. The van der Waals surface area contributed by atoms with Crippen LogP contribution in [0.4, 0.5) is 4.79 Å². The third kappa shape index (κ3) is 7.36. The standard InChI is InChI=1S/C16H33N3O4S/c1-5-23-16(20)18-14(11-13(2)3)12-17-24(21,22)19(4)15-9-7-6-8-10-15/h13-15,17H,5-12H2,1-4H3,(H,18,20). The molecular formula is C16H33N3O4S. The molecule has 1 amide bonds. The Morgan fingerprint density at radius 2 is 1.88 bits per heavy atom. The predicted octanol–water partition coefficient (Wildman–Crippen LogP) is 2.25. The molecule has 1 saturated carbocycles. The van der Waals surface area contributed by atoms with Crippen molar-refractivity contribution in [3.05, 3.63) is 0 Å². The van der Waals surface area contributed by atoms with Crippen LogP contribution in [0.15, 0.2) is 0 Å². The summed E-state index contributed by atoms with van der Waals surface area (Å²) in [4.78, 5) is 11.6. The maximum atomic E-state index is 12.5. The van der Waals surface area contributed by atoms with Gasteiger partial charge in [0.25, 0.3) is 10.2 Å². The van der Waals surface area contributed by atoms with E-state index in [1.54, 1.807) is 14.0 Å². The van der Waals surface area contributed by atoms with Crippen molar-refractivity contribution >= 4 is 16.3 Å². The molecule has 0 aromatic carbocycles. The van der Waals surface area contributed by atoms with Crippen LogP contribution in [-0.4, -0.2) is 51.1 Å². The van der Waals surface area contributed by atoms with Crippen molar-refractivity contribution in [1.29, 1.82) is 0 Å². The van der Waals surface area contributed by atoms with Crippen LogP contribution < -0.4 is 10.0 Å². The van der Waals surface area contributed by atoms with E-state index >= 15 is 0 Å². The number of rotatable bonds is 9. The number of carbonyl (C=O) groups is 1. The van der Waals surface area contributed by atoms with Crippen molar-refractivity contribution in [3.63, 3.8) is 0 Å². The molecule has 0 saturated heterocycles. The lowest BCUT2D eigenvalue weighted by Gasteiger charge is -2.31. The molecule has 0 spiro atoms. The van der Waals surface area contributed by atoms with Gasteiger partial charge in [-0.25, -0.2) is 9.52 Å². The monoisotopic (exact) mass is 363 g/mol. The molecule has 0 bridgehead atoms. The van der Waals surface area contributed by atoms with Gasteiger partial charge in [-0.2, -0.15) is 12.7 Å². The van der Waals surface area contributed by atoms with E-state index in [-0.39, 0.29) is 25.2 Å². The summed E-state index contributed by atoms with van der Waals surface area (Å²) in [6.07, 6.45) is 5.31. The van der Waals surface area contributed by atoms with E-state index in [1.165, 1.54) is 10.7 Å². The second kappa shape index (κ2) is 10.2. The van der Waals surface area contributed by atoms with Crippen LogP contribution in [0.3, 0.4) is 0 Å². The summed E-state index contributed by atoms with van der Waals surface area (Å²) in [7, 11) is -1.91. The van der Waals surface area contributed by atoms with E-state index in [9.17, 15) is 13.2 Å². The second-order valence-electron chi connectivity index (χ2n) is 6.85. The SMILES string of the molecule is CCOC(=O)NC(CNS(=O)(=O)N(C)C1CCCCC1)CC(C)C. The molecule has 142 valence electrons. The molecule has 1 rings (SSSR count). The highest BCUT2D eigenvalue weighted by Gasteiger charge is 2.28. The van der Waals surface area contributed by atoms with Crippen LogP contribution in [0.5, 0.6) is 0 Å². The first kappa shape index (κ1) is 21.2. The minimum atomic E-state index is -3.55. The normalized spacial score (nSPS) is 17.9. The number of hydrogen-bond donors (Lipinski definition) is 2. The number of nitrogens with one attached hydrogen (secondary N) is 2. The van der Waals surface area contributed by atoms with Crippen molar-refractivity contribution in [2.75, 3.05) is 20.2 Å². The Morgan fingerprint density at radius 1 is 1.25 bits per heavy atom. The van der Waals surface area contributed by atoms with Crippen molar-refractivity contribution in [3.8, 4) is 0 Å². The molecular weight excluding hydrogens is 330 g/mol. The van der Waals surface area contributed by atoms with Gasteiger partial charge in [-0.05, 0) is 32.1 Å². The lowest BCUT2D eigenvalue weighted by Crippen LogP contribution is -2.50. The third-order valence-electron chi connectivity index (χ3n) is 4.33. The van der Waals surface area contributed by atoms with Gasteiger partial charge in [0.15, 0.2) is 0 Å². The Morgan fingerprint density at radius 3 is 2.42 bits per heavy atom. The first-order chi connectivity index (χ1) is 11.3. The number of ether oxygens (including phenoxy) is 1. The van der Waals surface area contributed by atoms with Gasteiger partial charge >= 0.3 is 6.09 Å². The third-order valence-corrected chi connectivity index (χ3v) is 5.92. The number of hydrogen-bond acceptors (Lipinski definition) is 4. The maximum absolute atomic E-state index is 12.5. The Hall–Kier alpha value is -0.860. The van der Waals surface area contributed by atoms with Crippen LogP contribution in [0.2, 0.25) is 0 Å². The first-order valence-electron chi connectivity index (χ1n) is 8.92. The van der Waals surface area contributed by atoms with E-state index < -0.39 is 16.3 Å². The predicted molar refractivity (Wildman–Crippen MR) is 95.0 cm³/mol. The summed E-state index contributed by atoms with van der Waals surface area (Å²) < 4.78 is 34.0. The van der Waals surface area contributed by atoms with E-state index in [0.717, 1.165) is 25.7 Å². The molecule has 0 aliphatic heterocycles. The quantitative estimate of drug-likeness (QED) is 0.658. The molecule has 0 radical (unpaired) electrons. The number of alkyl carbamates (subject to hydrolysis) is 1. The molecule has 24 heavy (non-hydrogen) atoms. The molecule has 2 N–H and O–H groups in total. The van der Waals surface area contributed by atoms with Crippen LogP contribution >= 0.6 is 0 Å². The maximum Gasteiger partial charge on any atom is 0.407 e. The van der Waals surface area contributed by atoms with Crippen LogP contribution in [0.25, 0.3) is 0 Å². The Kier molecular flexibility index (Phi) is 9.01. The molecule has 0 aromatic heterocycles. The van der Waals surface area contributed by atoms with Crippen molar-refractivity contribution in [2.24, 2.45) is 5.92 Å². The zero-order chi connectivity index (χ0) is 18.2. The molecule has 1 fully saturated rings. The lowest BCUT2D eigenvalue weighted by atomic mass is 9.96. The van der Waals surface area contributed by atoms with E-state index in [1.807, 2.05) is 13.8 Å². The minimum Gasteiger partial charge on any atom is -0.450 e. The molecule has 1 aliphatic carbocycles. The van der Waals surface area contributed by atoms with Crippen LogP contribution in [0, 0.1) is 5.92 Å². The molecule has 7 nitrogen and oxygen atoms in total. The van der Waals surface area contributed by atoms with E-state index in [2.05, 4.69) is 10.0 Å². The zero-order valence-electron chi connectivity index (χ0n) is 15.4. The number of carbonyl (C=O) groups excluding carboxylic acids is 1. The van der Waals surface area contributed by atoms with Gasteiger partial charge in [0, 0.05) is 25.7 Å². The summed E-state index contributed by atoms with van der Waals surface area (Å²) in [5.41, 5.74) is 0. The van der Waals surface area contributed by atoms with Gasteiger partial charge in [0.2, 0.25) is 0 Å². The fourth-order valence-electron chi connectivity index (χ4n) is 3.05. The average molecular weight is 364 g/mol. The minimum absolute atomic E-state index is 0.0674. The fraction of sp³-hybridized carbons (Fsp3) is 0.938. The highest BCUT2D eigenvalue weighted by Crippen LogP contribution is 2.23. The van der Waals surface area contributed by atoms with Crippen LogP contribution in [0.1, 0.15) is 59.3 Å².